The largest absolute Gasteiger partial charge is 0.497 e. The van der Waals surface area contributed by atoms with Gasteiger partial charge >= 0.3 is 0 Å². The molecule has 3 nitrogen and oxygen atoms in total. The Morgan fingerprint density at radius 1 is 1.17 bits per heavy atom. The SMILES string of the molecule is COc1ccc(C(C)Nc2cccc(Br)n2)cc1. The van der Waals surface area contributed by atoms with Crippen molar-refractivity contribution in [3.05, 3.63) is 52.6 Å². The topological polar surface area (TPSA) is 34.1 Å². The molecule has 0 saturated heterocycles. The number of nitrogens with zero attached hydrogens (tertiary/aromatic N) is 1. The highest BCUT2D eigenvalue weighted by Gasteiger charge is 2.06. The molecule has 0 aliphatic heterocycles. The number of methoxy groups -OCH3 is 1. The molecular weight excluding hydrogens is 292 g/mol. The minimum atomic E-state index is 0.192. The number of rotatable bonds is 4. The Bertz CT molecular complexity index is 513. The summed E-state index contributed by atoms with van der Waals surface area (Å²) >= 11 is 3.36. The summed E-state index contributed by atoms with van der Waals surface area (Å²) < 4.78 is 5.97. The van der Waals surface area contributed by atoms with Gasteiger partial charge < -0.3 is 10.1 Å². The van der Waals surface area contributed by atoms with Crippen LogP contribution in [-0.2, 0) is 0 Å². The van der Waals surface area contributed by atoms with E-state index in [0.717, 1.165) is 16.2 Å². The highest BCUT2D eigenvalue weighted by Crippen LogP contribution is 2.21. The molecule has 1 aromatic heterocycles. The van der Waals surface area contributed by atoms with Crippen molar-refractivity contribution in [2.24, 2.45) is 0 Å². The van der Waals surface area contributed by atoms with E-state index < -0.39 is 0 Å². The van der Waals surface area contributed by atoms with Crippen molar-refractivity contribution < 1.29 is 4.74 Å². The van der Waals surface area contributed by atoms with Crippen molar-refractivity contribution in [2.75, 3.05) is 12.4 Å². The van der Waals surface area contributed by atoms with Gasteiger partial charge in [-0.2, -0.15) is 0 Å². The fourth-order valence-electron chi connectivity index (χ4n) is 1.69. The summed E-state index contributed by atoms with van der Waals surface area (Å²) in [5.74, 6) is 1.72. The third-order valence-corrected chi connectivity index (χ3v) is 3.14. The fourth-order valence-corrected chi connectivity index (χ4v) is 2.03. The van der Waals surface area contributed by atoms with Gasteiger partial charge in [0.1, 0.15) is 16.2 Å². The second kappa shape index (κ2) is 5.87. The summed E-state index contributed by atoms with van der Waals surface area (Å²) in [4.78, 5) is 4.35. The third-order valence-electron chi connectivity index (χ3n) is 2.70. The standard InChI is InChI=1S/C14H15BrN2O/c1-10(11-6-8-12(18-2)9-7-11)16-14-5-3-4-13(15)17-14/h3-10H,1-2H3,(H,16,17). The summed E-state index contributed by atoms with van der Waals surface area (Å²) in [6.07, 6.45) is 0. The first-order valence-electron chi connectivity index (χ1n) is 5.72. The van der Waals surface area contributed by atoms with Gasteiger partial charge in [-0.05, 0) is 52.7 Å². The van der Waals surface area contributed by atoms with E-state index in [4.69, 9.17) is 4.74 Å². The first-order chi connectivity index (χ1) is 8.69. The van der Waals surface area contributed by atoms with E-state index in [0.29, 0.717) is 0 Å². The molecule has 1 N–H and O–H groups in total. The molecule has 1 unspecified atom stereocenters. The second-order valence-electron chi connectivity index (χ2n) is 3.98. The maximum atomic E-state index is 5.14. The molecule has 0 fully saturated rings. The summed E-state index contributed by atoms with van der Waals surface area (Å²) in [6.45, 7) is 2.10. The zero-order valence-electron chi connectivity index (χ0n) is 10.4. The quantitative estimate of drug-likeness (QED) is 0.866. The van der Waals surface area contributed by atoms with E-state index in [1.807, 2.05) is 30.3 Å². The lowest BCUT2D eigenvalue weighted by atomic mass is 10.1. The van der Waals surface area contributed by atoms with E-state index in [9.17, 15) is 0 Å². The Labute approximate surface area is 115 Å². The molecule has 0 aliphatic rings. The summed E-state index contributed by atoms with van der Waals surface area (Å²) in [5.41, 5.74) is 1.19. The third kappa shape index (κ3) is 3.23. The molecule has 2 aromatic rings. The van der Waals surface area contributed by atoms with Gasteiger partial charge in [-0.15, -0.1) is 0 Å². The lowest BCUT2D eigenvalue weighted by Gasteiger charge is -2.15. The molecule has 1 atom stereocenters. The van der Waals surface area contributed by atoms with Crippen LogP contribution in [0.25, 0.3) is 0 Å². The normalized spacial score (nSPS) is 11.9. The van der Waals surface area contributed by atoms with E-state index >= 15 is 0 Å². The molecule has 0 saturated carbocycles. The average Bonchev–Trinajstić information content (AvgIpc) is 2.39. The van der Waals surface area contributed by atoms with Crippen molar-refractivity contribution in [3.8, 4) is 5.75 Å². The predicted octanol–water partition coefficient (Wildman–Crippen LogP) is 4.03. The minimum absolute atomic E-state index is 0.192. The van der Waals surface area contributed by atoms with E-state index in [1.165, 1.54) is 5.56 Å². The van der Waals surface area contributed by atoms with Crippen LogP contribution in [0.4, 0.5) is 5.82 Å². The van der Waals surface area contributed by atoms with Crippen LogP contribution >= 0.6 is 15.9 Å². The van der Waals surface area contributed by atoms with Gasteiger partial charge in [-0.1, -0.05) is 18.2 Å². The van der Waals surface area contributed by atoms with Crippen LogP contribution in [0.2, 0.25) is 0 Å². The van der Waals surface area contributed by atoms with Gasteiger partial charge in [0.2, 0.25) is 0 Å². The maximum Gasteiger partial charge on any atom is 0.127 e. The molecule has 4 heteroatoms. The first-order valence-corrected chi connectivity index (χ1v) is 6.51. The van der Waals surface area contributed by atoms with Crippen molar-refractivity contribution >= 4 is 21.7 Å². The molecule has 0 amide bonds. The summed E-state index contributed by atoms with van der Waals surface area (Å²) in [6, 6.07) is 14.0. The Hall–Kier alpha value is -1.55. The highest BCUT2D eigenvalue weighted by atomic mass is 79.9. The molecule has 1 aromatic carbocycles. The molecule has 0 spiro atoms. The van der Waals surface area contributed by atoms with Crippen LogP contribution < -0.4 is 10.1 Å². The number of anilines is 1. The van der Waals surface area contributed by atoms with Crippen LogP contribution in [-0.4, -0.2) is 12.1 Å². The van der Waals surface area contributed by atoms with Gasteiger partial charge in [-0.3, -0.25) is 0 Å². The molecular formula is C14H15BrN2O. The zero-order chi connectivity index (χ0) is 13.0. The molecule has 0 bridgehead atoms. The van der Waals surface area contributed by atoms with Crippen LogP contribution in [0.15, 0.2) is 47.1 Å². The van der Waals surface area contributed by atoms with E-state index in [2.05, 4.69) is 45.3 Å². The lowest BCUT2D eigenvalue weighted by molar-refractivity contribution is 0.414. The summed E-state index contributed by atoms with van der Waals surface area (Å²) in [5, 5.41) is 3.35. The number of aromatic nitrogens is 1. The van der Waals surface area contributed by atoms with Crippen LogP contribution in [0, 0.1) is 0 Å². The Morgan fingerprint density at radius 3 is 2.50 bits per heavy atom. The molecule has 0 radical (unpaired) electrons. The Balaban J connectivity index is 2.09. The molecule has 1 heterocycles. The number of nitrogens with one attached hydrogen (secondary N) is 1. The maximum absolute atomic E-state index is 5.14. The number of hydrogen-bond donors (Lipinski definition) is 1. The number of halogens is 1. The predicted molar refractivity (Wildman–Crippen MR) is 77.0 cm³/mol. The fraction of sp³-hybridized carbons (Fsp3) is 0.214. The number of benzene rings is 1. The van der Waals surface area contributed by atoms with Gasteiger partial charge in [-0.25, -0.2) is 4.98 Å². The zero-order valence-corrected chi connectivity index (χ0v) is 11.9. The Morgan fingerprint density at radius 2 is 1.89 bits per heavy atom. The van der Waals surface area contributed by atoms with Gasteiger partial charge in [0.25, 0.3) is 0 Å². The van der Waals surface area contributed by atoms with Crippen LogP contribution in [0.1, 0.15) is 18.5 Å². The Kier molecular flexibility index (Phi) is 4.20. The number of hydrogen-bond acceptors (Lipinski definition) is 3. The first kappa shape index (κ1) is 12.9. The molecule has 2 rings (SSSR count). The van der Waals surface area contributed by atoms with Crippen molar-refractivity contribution in [1.29, 1.82) is 0 Å². The smallest absolute Gasteiger partial charge is 0.127 e. The minimum Gasteiger partial charge on any atom is -0.497 e. The van der Waals surface area contributed by atoms with Crippen molar-refractivity contribution in [1.82, 2.24) is 4.98 Å². The molecule has 18 heavy (non-hydrogen) atoms. The van der Waals surface area contributed by atoms with Crippen molar-refractivity contribution in [2.45, 2.75) is 13.0 Å². The van der Waals surface area contributed by atoms with Gasteiger partial charge in [0.05, 0.1) is 7.11 Å². The average molecular weight is 307 g/mol. The van der Waals surface area contributed by atoms with Crippen LogP contribution in [0.3, 0.4) is 0 Å². The molecule has 94 valence electrons. The van der Waals surface area contributed by atoms with Gasteiger partial charge in [0, 0.05) is 6.04 Å². The van der Waals surface area contributed by atoms with E-state index in [-0.39, 0.29) is 6.04 Å². The summed E-state index contributed by atoms with van der Waals surface area (Å²) in [7, 11) is 1.67. The van der Waals surface area contributed by atoms with Crippen LogP contribution in [0.5, 0.6) is 5.75 Å². The number of pyridine rings is 1. The molecule has 0 aliphatic carbocycles. The van der Waals surface area contributed by atoms with Crippen molar-refractivity contribution in [3.63, 3.8) is 0 Å². The second-order valence-corrected chi connectivity index (χ2v) is 4.80. The van der Waals surface area contributed by atoms with E-state index in [1.54, 1.807) is 7.11 Å². The number of ether oxygens (including phenoxy) is 1. The highest BCUT2D eigenvalue weighted by molar-refractivity contribution is 9.10. The lowest BCUT2D eigenvalue weighted by Crippen LogP contribution is -2.07. The monoisotopic (exact) mass is 306 g/mol. The van der Waals surface area contributed by atoms with Gasteiger partial charge in [0.15, 0.2) is 0 Å².